The van der Waals surface area contributed by atoms with Crippen molar-refractivity contribution in [3.8, 4) is 5.75 Å². The Balaban J connectivity index is 1.58. The summed E-state index contributed by atoms with van der Waals surface area (Å²) in [5, 5.41) is 6.01. The quantitative estimate of drug-likeness (QED) is 0.675. The summed E-state index contributed by atoms with van der Waals surface area (Å²) >= 11 is 1.37. The number of rotatable bonds is 7. The first kappa shape index (κ1) is 20.3. The summed E-state index contributed by atoms with van der Waals surface area (Å²) in [6.45, 7) is 0. The van der Waals surface area contributed by atoms with E-state index in [0.29, 0.717) is 17.0 Å². The second-order valence-corrected chi connectivity index (χ2v) is 7.89. The molecule has 1 saturated carbocycles. The summed E-state index contributed by atoms with van der Waals surface area (Å²) < 4.78 is 5.17. The van der Waals surface area contributed by atoms with Crippen molar-refractivity contribution < 1.29 is 14.3 Å². The number of carbonyl (C=O) groups excluding carboxylic acids is 2. The van der Waals surface area contributed by atoms with Crippen LogP contribution in [-0.4, -0.2) is 30.7 Å². The second kappa shape index (κ2) is 10.2. The van der Waals surface area contributed by atoms with E-state index >= 15 is 0 Å². The van der Waals surface area contributed by atoms with Crippen LogP contribution in [0.5, 0.6) is 5.75 Å². The van der Waals surface area contributed by atoms with Gasteiger partial charge in [0.15, 0.2) is 0 Å². The van der Waals surface area contributed by atoms with Gasteiger partial charge >= 0.3 is 0 Å². The fourth-order valence-corrected chi connectivity index (χ4v) is 4.18. The molecule has 1 aliphatic carbocycles. The van der Waals surface area contributed by atoms with Crippen molar-refractivity contribution in [2.75, 3.05) is 18.2 Å². The molecular formula is C22H26N2O3S. The molecule has 0 radical (unpaired) electrons. The van der Waals surface area contributed by atoms with E-state index in [-0.39, 0.29) is 23.6 Å². The molecule has 0 aliphatic heterocycles. The molecule has 1 aliphatic rings. The zero-order valence-electron chi connectivity index (χ0n) is 16.1. The van der Waals surface area contributed by atoms with Gasteiger partial charge in [-0.15, -0.1) is 11.8 Å². The third kappa shape index (κ3) is 5.76. The van der Waals surface area contributed by atoms with Gasteiger partial charge in [-0.2, -0.15) is 0 Å². The normalized spacial score (nSPS) is 14.3. The number of hydrogen-bond donors (Lipinski definition) is 2. The minimum Gasteiger partial charge on any atom is -0.497 e. The Hall–Kier alpha value is -2.47. The Morgan fingerprint density at radius 3 is 2.64 bits per heavy atom. The standard InChI is InChI=1S/C22H26N2O3S/c1-27-18-11-7-10-17(14-18)23-21(25)15-28-20-13-6-5-12-19(20)22(26)24-16-8-3-2-4-9-16/h5-7,10-14,16H,2-4,8-9,15H2,1H3,(H,23,25)(H,24,26). The molecule has 0 heterocycles. The number of thioether (sulfide) groups is 1. The maximum Gasteiger partial charge on any atom is 0.252 e. The van der Waals surface area contributed by atoms with Crippen molar-refractivity contribution in [3.05, 3.63) is 54.1 Å². The van der Waals surface area contributed by atoms with Gasteiger partial charge in [0.25, 0.3) is 5.91 Å². The molecule has 2 amide bonds. The zero-order valence-corrected chi connectivity index (χ0v) is 16.9. The first-order valence-corrected chi connectivity index (χ1v) is 10.6. The van der Waals surface area contributed by atoms with Gasteiger partial charge in [-0.25, -0.2) is 0 Å². The maximum absolute atomic E-state index is 12.7. The monoisotopic (exact) mass is 398 g/mol. The molecule has 3 rings (SSSR count). The highest BCUT2D eigenvalue weighted by molar-refractivity contribution is 8.00. The summed E-state index contributed by atoms with van der Waals surface area (Å²) in [6, 6.07) is 15.0. The summed E-state index contributed by atoms with van der Waals surface area (Å²) in [6.07, 6.45) is 5.69. The largest absolute Gasteiger partial charge is 0.497 e. The first-order chi connectivity index (χ1) is 13.7. The Morgan fingerprint density at radius 1 is 1.07 bits per heavy atom. The number of benzene rings is 2. The zero-order chi connectivity index (χ0) is 19.8. The third-order valence-electron chi connectivity index (χ3n) is 4.78. The van der Waals surface area contributed by atoms with Crippen LogP contribution >= 0.6 is 11.8 Å². The third-order valence-corrected chi connectivity index (χ3v) is 5.86. The van der Waals surface area contributed by atoms with E-state index in [1.54, 1.807) is 13.2 Å². The van der Waals surface area contributed by atoms with Gasteiger partial charge < -0.3 is 15.4 Å². The highest BCUT2D eigenvalue weighted by atomic mass is 32.2. The van der Waals surface area contributed by atoms with Crippen LogP contribution < -0.4 is 15.4 Å². The molecule has 0 aromatic heterocycles. The van der Waals surface area contributed by atoms with Crippen LogP contribution in [0.2, 0.25) is 0 Å². The smallest absolute Gasteiger partial charge is 0.252 e. The lowest BCUT2D eigenvalue weighted by molar-refractivity contribution is -0.113. The van der Waals surface area contributed by atoms with Crippen molar-refractivity contribution in [1.82, 2.24) is 5.32 Å². The predicted octanol–water partition coefficient (Wildman–Crippen LogP) is 4.49. The minimum atomic E-state index is -0.124. The number of carbonyl (C=O) groups is 2. The summed E-state index contributed by atoms with van der Waals surface area (Å²) in [7, 11) is 1.59. The molecule has 5 nitrogen and oxygen atoms in total. The molecule has 0 spiro atoms. The van der Waals surface area contributed by atoms with Crippen LogP contribution in [0.4, 0.5) is 5.69 Å². The summed E-state index contributed by atoms with van der Waals surface area (Å²) in [5.74, 6) is 0.740. The van der Waals surface area contributed by atoms with Gasteiger partial charge in [0.05, 0.1) is 18.4 Å². The van der Waals surface area contributed by atoms with Crippen molar-refractivity contribution in [2.45, 2.75) is 43.0 Å². The molecular weight excluding hydrogens is 372 g/mol. The number of hydrogen-bond acceptors (Lipinski definition) is 4. The van der Waals surface area contributed by atoms with Crippen molar-refractivity contribution >= 4 is 29.3 Å². The fourth-order valence-electron chi connectivity index (χ4n) is 3.33. The van der Waals surface area contributed by atoms with Crippen LogP contribution in [0.3, 0.4) is 0 Å². The lowest BCUT2D eigenvalue weighted by atomic mass is 9.95. The molecule has 6 heteroatoms. The van der Waals surface area contributed by atoms with Crippen molar-refractivity contribution in [3.63, 3.8) is 0 Å². The van der Waals surface area contributed by atoms with Gasteiger partial charge in [-0.1, -0.05) is 37.5 Å². The highest BCUT2D eigenvalue weighted by Crippen LogP contribution is 2.25. The van der Waals surface area contributed by atoms with Gasteiger partial charge in [-0.05, 0) is 37.1 Å². The van der Waals surface area contributed by atoms with Crippen molar-refractivity contribution in [2.24, 2.45) is 0 Å². The van der Waals surface area contributed by atoms with E-state index in [9.17, 15) is 9.59 Å². The van der Waals surface area contributed by atoms with E-state index in [1.165, 1.54) is 31.0 Å². The lowest BCUT2D eigenvalue weighted by Crippen LogP contribution is -2.36. The Labute approximate surface area is 170 Å². The van der Waals surface area contributed by atoms with Crippen LogP contribution in [0, 0.1) is 0 Å². The Kier molecular flexibility index (Phi) is 7.37. The van der Waals surface area contributed by atoms with Crippen LogP contribution in [0.15, 0.2) is 53.4 Å². The average Bonchev–Trinajstić information content (AvgIpc) is 2.73. The van der Waals surface area contributed by atoms with Crippen LogP contribution in [0.1, 0.15) is 42.5 Å². The minimum absolute atomic E-state index is 0.0526. The number of ether oxygens (including phenoxy) is 1. The maximum atomic E-state index is 12.7. The summed E-state index contributed by atoms with van der Waals surface area (Å²) in [5.41, 5.74) is 1.32. The SMILES string of the molecule is COc1cccc(NC(=O)CSc2ccccc2C(=O)NC2CCCCC2)c1. The average molecular weight is 399 g/mol. The first-order valence-electron chi connectivity index (χ1n) is 9.62. The van der Waals surface area contributed by atoms with Gasteiger partial charge in [0.2, 0.25) is 5.91 Å². The lowest BCUT2D eigenvalue weighted by Gasteiger charge is -2.23. The van der Waals surface area contributed by atoms with E-state index in [2.05, 4.69) is 10.6 Å². The van der Waals surface area contributed by atoms with E-state index in [0.717, 1.165) is 17.7 Å². The molecule has 2 aromatic carbocycles. The Bertz CT molecular complexity index is 819. The molecule has 0 saturated heterocycles. The topological polar surface area (TPSA) is 67.4 Å². The predicted molar refractivity (Wildman–Crippen MR) is 113 cm³/mol. The number of amides is 2. The van der Waals surface area contributed by atoms with E-state index < -0.39 is 0 Å². The number of nitrogens with one attached hydrogen (secondary N) is 2. The molecule has 2 N–H and O–H groups in total. The van der Waals surface area contributed by atoms with Gasteiger partial charge in [0, 0.05) is 22.7 Å². The fraction of sp³-hybridized carbons (Fsp3) is 0.364. The van der Waals surface area contributed by atoms with Crippen LogP contribution in [-0.2, 0) is 4.79 Å². The van der Waals surface area contributed by atoms with Crippen LogP contribution in [0.25, 0.3) is 0 Å². The Morgan fingerprint density at radius 2 is 1.86 bits per heavy atom. The van der Waals surface area contributed by atoms with Gasteiger partial charge in [0.1, 0.15) is 5.75 Å². The van der Waals surface area contributed by atoms with E-state index in [4.69, 9.17) is 4.74 Å². The summed E-state index contributed by atoms with van der Waals surface area (Å²) in [4.78, 5) is 25.8. The number of anilines is 1. The molecule has 0 bridgehead atoms. The molecule has 0 unspecified atom stereocenters. The van der Waals surface area contributed by atoms with E-state index in [1.807, 2.05) is 42.5 Å². The molecule has 2 aromatic rings. The molecule has 0 atom stereocenters. The molecule has 28 heavy (non-hydrogen) atoms. The van der Waals surface area contributed by atoms with Gasteiger partial charge in [-0.3, -0.25) is 9.59 Å². The highest BCUT2D eigenvalue weighted by Gasteiger charge is 2.19. The second-order valence-electron chi connectivity index (χ2n) is 6.87. The molecule has 1 fully saturated rings. The van der Waals surface area contributed by atoms with Crippen molar-refractivity contribution in [1.29, 1.82) is 0 Å². The molecule has 148 valence electrons. The number of methoxy groups -OCH3 is 1.